The highest BCUT2D eigenvalue weighted by Crippen LogP contribution is 2.25. The number of benzene rings is 2. The van der Waals surface area contributed by atoms with Crippen molar-refractivity contribution in [2.24, 2.45) is 0 Å². The van der Waals surface area contributed by atoms with Crippen molar-refractivity contribution in [1.82, 2.24) is 0 Å². The van der Waals surface area contributed by atoms with Crippen LogP contribution in [-0.4, -0.2) is 20.2 Å². The minimum Gasteiger partial charge on any atom is -0.497 e. The van der Waals surface area contributed by atoms with Crippen LogP contribution in [0, 0.1) is 0 Å². The molecular weight excluding hydrogens is 272 g/mol. The number of thioether (sulfide) groups is 1. The fourth-order valence-corrected chi connectivity index (χ4v) is 2.55. The van der Waals surface area contributed by atoms with E-state index in [9.17, 15) is 4.79 Å². The summed E-state index contributed by atoms with van der Waals surface area (Å²) in [6.07, 6.45) is 0. The summed E-state index contributed by atoms with van der Waals surface area (Å²) in [5, 5.41) is 0. The summed E-state index contributed by atoms with van der Waals surface area (Å²) in [4.78, 5) is 12.5. The van der Waals surface area contributed by atoms with Gasteiger partial charge in [0.15, 0.2) is 0 Å². The molecule has 2 aromatic carbocycles. The average molecular weight is 288 g/mol. The maximum Gasteiger partial charge on any atom is 0.337 e. The summed E-state index contributed by atoms with van der Waals surface area (Å²) >= 11 is 1.74. The molecule has 2 aromatic rings. The van der Waals surface area contributed by atoms with Crippen LogP contribution in [0.15, 0.2) is 53.4 Å². The van der Waals surface area contributed by atoms with Crippen LogP contribution in [0.25, 0.3) is 0 Å². The molecule has 20 heavy (non-hydrogen) atoms. The number of esters is 1. The highest BCUT2D eigenvalue weighted by molar-refractivity contribution is 7.98. The maximum atomic E-state index is 11.3. The quantitative estimate of drug-likeness (QED) is 0.619. The molecule has 0 unspecified atom stereocenters. The van der Waals surface area contributed by atoms with Crippen LogP contribution >= 0.6 is 11.8 Å². The zero-order valence-electron chi connectivity index (χ0n) is 11.5. The molecule has 0 aromatic heterocycles. The van der Waals surface area contributed by atoms with Gasteiger partial charge >= 0.3 is 5.97 Å². The molecule has 0 saturated carbocycles. The van der Waals surface area contributed by atoms with Crippen LogP contribution < -0.4 is 4.74 Å². The number of methoxy groups -OCH3 is 2. The molecule has 4 heteroatoms. The van der Waals surface area contributed by atoms with Gasteiger partial charge in [-0.1, -0.05) is 12.1 Å². The predicted octanol–water partition coefficient (Wildman–Crippen LogP) is 3.77. The Hall–Kier alpha value is -1.94. The monoisotopic (exact) mass is 288 g/mol. The van der Waals surface area contributed by atoms with Crippen molar-refractivity contribution in [2.75, 3.05) is 14.2 Å². The van der Waals surface area contributed by atoms with Crippen LogP contribution in [0.2, 0.25) is 0 Å². The number of ether oxygens (including phenoxy) is 2. The Morgan fingerprint density at radius 1 is 1.00 bits per heavy atom. The zero-order chi connectivity index (χ0) is 14.4. The fourth-order valence-electron chi connectivity index (χ4n) is 1.69. The Morgan fingerprint density at radius 2 is 1.65 bits per heavy atom. The predicted molar refractivity (Wildman–Crippen MR) is 80.3 cm³/mol. The third-order valence-electron chi connectivity index (χ3n) is 2.84. The van der Waals surface area contributed by atoms with Crippen LogP contribution in [0.4, 0.5) is 0 Å². The fraction of sp³-hybridized carbons (Fsp3) is 0.188. The number of hydrogen-bond donors (Lipinski definition) is 0. The second kappa shape index (κ2) is 7.01. The van der Waals surface area contributed by atoms with E-state index in [1.54, 1.807) is 31.0 Å². The smallest absolute Gasteiger partial charge is 0.337 e. The normalized spacial score (nSPS) is 10.1. The Morgan fingerprint density at radius 3 is 2.20 bits per heavy atom. The first-order valence-corrected chi connectivity index (χ1v) is 7.15. The van der Waals surface area contributed by atoms with Crippen LogP contribution in [0.3, 0.4) is 0 Å². The molecule has 0 saturated heterocycles. The summed E-state index contributed by atoms with van der Waals surface area (Å²) in [5.41, 5.74) is 1.74. The number of carbonyl (C=O) groups excluding carboxylic acids is 1. The van der Waals surface area contributed by atoms with Crippen molar-refractivity contribution in [2.45, 2.75) is 10.6 Å². The van der Waals surface area contributed by atoms with Crippen molar-refractivity contribution >= 4 is 17.7 Å². The molecule has 0 aliphatic heterocycles. The standard InChI is InChI=1S/C16H16O3S/c1-18-14-7-9-15(10-8-14)20-11-12-3-5-13(6-4-12)16(17)19-2/h3-10H,11H2,1-2H3. The van der Waals surface area contributed by atoms with Gasteiger partial charge in [0.1, 0.15) is 5.75 Å². The first kappa shape index (κ1) is 14.5. The topological polar surface area (TPSA) is 35.5 Å². The Bertz CT molecular complexity index is 561. The highest BCUT2D eigenvalue weighted by Gasteiger charge is 2.04. The average Bonchev–Trinajstić information content (AvgIpc) is 2.53. The molecule has 0 radical (unpaired) electrons. The first-order valence-electron chi connectivity index (χ1n) is 6.17. The molecule has 3 nitrogen and oxygen atoms in total. The Labute approximate surface area is 122 Å². The van der Waals surface area contributed by atoms with E-state index in [0.717, 1.165) is 11.5 Å². The summed E-state index contributed by atoms with van der Waals surface area (Å²) in [6, 6.07) is 15.4. The van der Waals surface area contributed by atoms with Gasteiger partial charge in [-0.3, -0.25) is 0 Å². The maximum absolute atomic E-state index is 11.3. The van der Waals surface area contributed by atoms with E-state index in [0.29, 0.717) is 5.56 Å². The summed E-state index contributed by atoms with van der Waals surface area (Å²) in [6.45, 7) is 0. The molecule has 0 atom stereocenters. The molecule has 104 valence electrons. The van der Waals surface area contributed by atoms with Crippen LogP contribution in [-0.2, 0) is 10.5 Å². The van der Waals surface area contributed by atoms with Gasteiger partial charge in [-0.25, -0.2) is 4.79 Å². The van der Waals surface area contributed by atoms with Gasteiger partial charge in [-0.2, -0.15) is 0 Å². The molecular formula is C16H16O3S. The highest BCUT2D eigenvalue weighted by atomic mass is 32.2. The number of carbonyl (C=O) groups is 1. The SMILES string of the molecule is COC(=O)c1ccc(CSc2ccc(OC)cc2)cc1. The number of hydrogen-bond acceptors (Lipinski definition) is 4. The van der Waals surface area contributed by atoms with Crippen LogP contribution in [0.1, 0.15) is 15.9 Å². The third kappa shape index (κ3) is 3.78. The molecule has 0 spiro atoms. The van der Waals surface area contributed by atoms with E-state index in [4.69, 9.17) is 4.74 Å². The molecule has 0 bridgehead atoms. The zero-order valence-corrected chi connectivity index (χ0v) is 12.3. The Kier molecular flexibility index (Phi) is 5.07. The van der Waals surface area contributed by atoms with E-state index in [-0.39, 0.29) is 5.97 Å². The van der Waals surface area contributed by atoms with Crippen LogP contribution in [0.5, 0.6) is 5.75 Å². The van der Waals surface area contributed by atoms with Crippen molar-refractivity contribution in [1.29, 1.82) is 0 Å². The molecule has 0 aliphatic carbocycles. The molecule has 0 heterocycles. The molecule has 0 amide bonds. The minimum absolute atomic E-state index is 0.306. The van der Waals surface area contributed by atoms with Crippen molar-refractivity contribution in [3.05, 3.63) is 59.7 Å². The van der Waals surface area contributed by atoms with Gasteiger partial charge < -0.3 is 9.47 Å². The van der Waals surface area contributed by atoms with Gasteiger partial charge in [0.2, 0.25) is 0 Å². The van der Waals surface area contributed by atoms with E-state index in [2.05, 4.69) is 4.74 Å². The molecule has 2 rings (SSSR count). The summed E-state index contributed by atoms with van der Waals surface area (Å²) < 4.78 is 9.80. The van der Waals surface area contributed by atoms with Crippen molar-refractivity contribution < 1.29 is 14.3 Å². The van der Waals surface area contributed by atoms with Gasteiger partial charge in [0, 0.05) is 10.6 Å². The van der Waals surface area contributed by atoms with E-state index in [1.807, 2.05) is 36.4 Å². The lowest BCUT2D eigenvalue weighted by atomic mass is 10.1. The lowest BCUT2D eigenvalue weighted by molar-refractivity contribution is 0.0600. The largest absolute Gasteiger partial charge is 0.497 e. The molecule has 0 N–H and O–H groups in total. The lowest BCUT2D eigenvalue weighted by Gasteiger charge is -2.05. The molecule has 0 aliphatic rings. The van der Waals surface area contributed by atoms with E-state index >= 15 is 0 Å². The van der Waals surface area contributed by atoms with Gasteiger partial charge in [-0.05, 0) is 42.0 Å². The minimum atomic E-state index is -0.306. The Balaban J connectivity index is 1.94. The second-order valence-corrected chi connectivity index (χ2v) is 5.20. The second-order valence-electron chi connectivity index (χ2n) is 4.15. The summed E-state index contributed by atoms with van der Waals surface area (Å²) in [5.74, 6) is 1.41. The van der Waals surface area contributed by atoms with Crippen molar-refractivity contribution in [3.63, 3.8) is 0 Å². The summed E-state index contributed by atoms with van der Waals surface area (Å²) in [7, 11) is 3.04. The third-order valence-corrected chi connectivity index (χ3v) is 3.92. The van der Waals surface area contributed by atoms with Gasteiger partial charge in [0.05, 0.1) is 19.8 Å². The number of rotatable bonds is 5. The van der Waals surface area contributed by atoms with E-state index in [1.165, 1.54) is 17.6 Å². The molecule has 0 fully saturated rings. The first-order chi connectivity index (χ1) is 9.72. The lowest BCUT2D eigenvalue weighted by Crippen LogP contribution is -2.00. The van der Waals surface area contributed by atoms with Gasteiger partial charge in [0.25, 0.3) is 0 Å². The van der Waals surface area contributed by atoms with Crippen molar-refractivity contribution in [3.8, 4) is 5.75 Å². The van der Waals surface area contributed by atoms with E-state index < -0.39 is 0 Å². The van der Waals surface area contributed by atoms with Gasteiger partial charge in [-0.15, -0.1) is 11.8 Å².